The smallest absolute Gasteiger partial charge is 0.135 e. The predicted molar refractivity (Wildman–Crippen MR) is 142 cm³/mol. The van der Waals surface area contributed by atoms with Gasteiger partial charge < -0.3 is 4.74 Å². The number of aryl methyl sites for hydroxylation is 1. The number of fused-ring (bicyclic) bond motifs is 4. The highest BCUT2D eigenvalue weighted by atomic mass is 79.9. The molecule has 33 heavy (non-hydrogen) atoms. The number of rotatable bonds is 1. The Morgan fingerprint density at radius 2 is 1.27 bits per heavy atom. The quantitative estimate of drug-likeness (QED) is 0.210. The number of benzene rings is 6. The van der Waals surface area contributed by atoms with Crippen molar-refractivity contribution in [1.82, 2.24) is 0 Å². The van der Waals surface area contributed by atoms with Gasteiger partial charge >= 0.3 is 0 Å². The summed E-state index contributed by atoms with van der Waals surface area (Å²) in [5.41, 5.74) is 6.14. The molecule has 0 spiro atoms. The Morgan fingerprint density at radius 3 is 2.18 bits per heavy atom. The fraction of sp³-hybridized carbons (Fsp3) is 0.0323. The first kappa shape index (κ1) is 18.9. The van der Waals surface area contributed by atoms with Gasteiger partial charge in [-0.1, -0.05) is 84.4 Å². The highest BCUT2D eigenvalue weighted by molar-refractivity contribution is 9.10. The second kappa shape index (κ2) is 6.94. The van der Waals surface area contributed by atoms with Gasteiger partial charge in [0.05, 0.1) is 0 Å². The standard InChI is InChI=1S/C31H19BrO/c1-18-13-14-25-26(17-18)29(22-8-2-3-9-24(22)31(25)32)23-15-16-28-30-20(10-6-11-21(23)30)19-7-4-5-12-27(19)33-28/h2-17H,1H3. The van der Waals surface area contributed by atoms with Gasteiger partial charge in [-0.15, -0.1) is 0 Å². The van der Waals surface area contributed by atoms with Crippen LogP contribution in [0.1, 0.15) is 5.56 Å². The molecule has 0 aromatic heterocycles. The first-order valence-corrected chi connectivity index (χ1v) is 11.9. The van der Waals surface area contributed by atoms with Gasteiger partial charge in [-0.2, -0.15) is 0 Å². The molecule has 0 radical (unpaired) electrons. The summed E-state index contributed by atoms with van der Waals surface area (Å²) in [4.78, 5) is 0. The lowest BCUT2D eigenvalue weighted by molar-refractivity contribution is 0.487. The van der Waals surface area contributed by atoms with Crippen LogP contribution in [-0.2, 0) is 0 Å². The molecule has 6 aromatic carbocycles. The van der Waals surface area contributed by atoms with E-state index < -0.39 is 0 Å². The Bertz CT molecular complexity index is 1760. The van der Waals surface area contributed by atoms with E-state index in [0.29, 0.717) is 0 Å². The van der Waals surface area contributed by atoms with Gasteiger partial charge in [0.25, 0.3) is 0 Å². The summed E-state index contributed by atoms with van der Waals surface area (Å²) < 4.78 is 7.50. The Morgan fingerprint density at radius 1 is 0.545 bits per heavy atom. The van der Waals surface area contributed by atoms with Crippen LogP contribution in [0.5, 0.6) is 11.5 Å². The SMILES string of the molecule is Cc1ccc2c(Br)c3ccccc3c(-c3ccc4c5c(cccc35)-c3ccccc3O4)c2c1. The van der Waals surface area contributed by atoms with Crippen molar-refractivity contribution in [3.8, 4) is 33.8 Å². The summed E-state index contributed by atoms with van der Waals surface area (Å²) >= 11 is 3.91. The molecule has 0 aliphatic carbocycles. The Balaban J connectivity index is 1.67. The van der Waals surface area contributed by atoms with E-state index in [4.69, 9.17) is 4.74 Å². The fourth-order valence-corrected chi connectivity index (χ4v) is 6.02. The molecule has 0 bridgehead atoms. The minimum absolute atomic E-state index is 0.917. The third-order valence-corrected chi connectivity index (χ3v) is 7.64. The van der Waals surface area contributed by atoms with Crippen LogP contribution in [0.15, 0.2) is 102 Å². The zero-order valence-corrected chi connectivity index (χ0v) is 19.6. The van der Waals surface area contributed by atoms with Gasteiger partial charge in [-0.25, -0.2) is 0 Å². The van der Waals surface area contributed by atoms with E-state index in [0.717, 1.165) is 21.5 Å². The number of hydrogen-bond donors (Lipinski definition) is 0. The molecular weight excluding hydrogens is 468 g/mol. The highest BCUT2D eigenvalue weighted by Gasteiger charge is 2.23. The highest BCUT2D eigenvalue weighted by Crippen LogP contribution is 2.50. The van der Waals surface area contributed by atoms with Crippen LogP contribution in [0, 0.1) is 6.92 Å². The largest absolute Gasteiger partial charge is 0.456 e. The molecule has 0 N–H and O–H groups in total. The van der Waals surface area contributed by atoms with E-state index in [-0.39, 0.29) is 0 Å². The summed E-state index contributed by atoms with van der Waals surface area (Å²) in [6.45, 7) is 2.16. The summed E-state index contributed by atoms with van der Waals surface area (Å²) in [5.74, 6) is 1.84. The van der Waals surface area contributed by atoms with E-state index in [2.05, 4.69) is 108 Å². The van der Waals surface area contributed by atoms with Crippen molar-refractivity contribution in [2.24, 2.45) is 0 Å². The predicted octanol–water partition coefficient (Wildman–Crippen LogP) is 9.66. The Hall–Kier alpha value is -3.62. The van der Waals surface area contributed by atoms with Gasteiger partial charge in [0.2, 0.25) is 0 Å². The fourth-order valence-electron chi connectivity index (χ4n) is 5.33. The molecule has 0 atom stereocenters. The van der Waals surface area contributed by atoms with Crippen molar-refractivity contribution in [2.75, 3.05) is 0 Å². The lowest BCUT2D eigenvalue weighted by Gasteiger charge is -2.23. The van der Waals surface area contributed by atoms with Crippen LogP contribution in [0.3, 0.4) is 0 Å². The summed E-state index contributed by atoms with van der Waals surface area (Å²) in [6.07, 6.45) is 0. The van der Waals surface area contributed by atoms with Crippen LogP contribution in [0.4, 0.5) is 0 Å². The zero-order valence-electron chi connectivity index (χ0n) is 18.0. The van der Waals surface area contributed by atoms with E-state index in [1.807, 2.05) is 12.1 Å². The Kier molecular flexibility index (Phi) is 3.97. The normalized spacial score (nSPS) is 12.2. The number of ether oxygens (including phenoxy) is 1. The van der Waals surface area contributed by atoms with Crippen molar-refractivity contribution >= 4 is 48.2 Å². The van der Waals surface area contributed by atoms with Gasteiger partial charge in [-0.3, -0.25) is 0 Å². The summed E-state index contributed by atoms with van der Waals surface area (Å²) in [5, 5.41) is 7.37. The van der Waals surface area contributed by atoms with Gasteiger partial charge in [0.15, 0.2) is 0 Å². The molecule has 2 heteroatoms. The molecule has 0 unspecified atom stereocenters. The molecule has 0 fully saturated rings. The lowest BCUT2D eigenvalue weighted by Crippen LogP contribution is -1.98. The van der Waals surface area contributed by atoms with E-state index in [1.54, 1.807) is 0 Å². The van der Waals surface area contributed by atoms with Gasteiger partial charge in [-0.05, 0) is 84.7 Å². The third-order valence-electron chi connectivity index (χ3n) is 6.78. The first-order chi connectivity index (χ1) is 16.2. The monoisotopic (exact) mass is 486 g/mol. The van der Waals surface area contributed by atoms with Crippen molar-refractivity contribution in [2.45, 2.75) is 6.92 Å². The maximum absolute atomic E-state index is 6.35. The van der Waals surface area contributed by atoms with Crippen LogP contribution in [0.25, 0.3) is 54.6 Å². The molecule has 7 rings (SSSR count). The Labute approximate surface area is 200 Å². The van der Waals surface area contributed by atoms with Crippen LogP contribution in [0.2, 0.25) is 0 Å². The summed E-state index contributed by atoms with van der Waals surface area (Å²) in [7, 11) is 0. The molecule has 1 heterocycles. The van der Waals surface area contributed by atoms with Crippen LogP contribution < -0.4 is 4.74 Å². The average molecular weight is 487 g/mol. The van der Waals surface area contributed by atoms with Crippen molar-refractivity contribution in [1.29, 1.82) is 0 Å². The molecule has 6 aromatic rings. The topological polar surface area (TPSA) is 9.23 Å². The molecular formula is C31H19BrO. The average Bonchev–Trinajstić information content (AvgIpc) is 2.85. The maximum Gasteiger partial charge on any atom is 0.135 e. The van der Waals surface area contributed by atoms with Crippen molar-refractivity contribution in [3.63, 3.8) is 0 Å². The minimum Gasteiger partial charge on any atom is -0.456 e. The van der Waals surface area contributed by atoms with Crippen LogP contribution in [-0.4, -0.2) is 0 Å². The minimum atomic E-state index is 0.917. The first-order valence-electron chi connectivity index (χ1n) is 11.1. The van der Waals surface area contributed by atoms with Gasteiger partial charge in [0.1, 0.15) is 11.5 Å². The van der Waals surface area contributed by atoms with Crippen molar-refractivity contribution in [3.05, 3.63) is 107 Å². The second-order valence-corrected chi connectivity index (χ2v) is 9.51. The molecule has 0 amide bonds. The van der Waals surface area contributed by atoms with Crippen LogP contribution >= 0.6 is 15.9 Å². The van der Waals surface area contributed by atoms with E-state index >= 15 is 0 Å². The zero-order chi connectivity index (χ0) is 22.1. The van der Waals surface area contributed by atoms with Gasteiger partial charge in [0, 0.05) is 15.4 Å². The number of hydrogen-bond acceptors (Lipinski definition) is 1. The second-order valence-electron chi connectivity index (χ2n) is 8.72. The molecule has 1 aliphatic heterocycles. The molecule has 1 nitrogen and oxygen atoms in total. The lowest BCUT2D eigenvalue weighted by atomic mass is 9.86. The molecule has 1 aliphatic rings. The number of halogens is 1. The third kappa shape index (κ3) is 2.65. The summed E-state index contributed by atoms with van der Waals surface area (Å²) in [6, 6.07) is 34.7. The van der Waals surface area contributed by atoms with E-state index in [9.17, 15) is 0 Å². The van der Waals surface area contributed by atoms with E-state index in [1.165, 1.54) is 54.6 Å². The molecule has 0 saturated carbocycles. The maximum atomic E-state index is 6.35. The number of para-hydroxylation sites is 1. The van der Waals surface area contributed by atoms with Crippen molar-refractivity contribution < 1.29 is 4.74 Å². The molecule has 0 saturated heterocycles. The molecule has 156 valence electrons.